The predicted molar refractivity (Wildman–Crippen MR) is 79.0 cm³/mol. The van der Waals surface area contributed by atoms with Crippen LogP contribution in [-0.2, 0) is 4.79 Å². The highest BCUT2D eigenvalue weighted by molar-refractivity contribution is 5.73. The maximum absolute atomic E-state index is 11.4. The van der Waals surface area contributed by atoms with Gasteiger partial charge in [-0.15, -0.1) is 0 Å². The molecule has 0 radical (unpaired) electrons. The molecule has 0 saturated carbocycles. The summed E-state index contributed by atoms with van der Waals surface area (Å²) in [5.74, 6) is 0.769. The predicted octanol–water partition coefficient (Wildman–Crippen LogP) is -0.411. The molecule has 1 aromatic rings. The molecule has 1 saturated heterocycles. The summed E-state index contributed by atoms with van der Waals surface area (Å²) < 4.78 is 5.46. The highest BCUT2D eigenvalue weighted by Gasteiger charge is 2.31. The van der Waals surface area contributed by atoms with Crippen LogP contribution in [0.5, 0.6) is 0 Å². The maximum Gasteiger partial charge on any atom is 0.219 e. The van der Waals surface area contributed by atoms with Gasteiger partial charge in [0.1, 0.15) is 11.9 Å². The van der Waals surface area contributed by atoms with Crippen molar-refractivity contribution in [3.05, 3.63) is 24.2 Å². The van der Waals surface area contributed by atoms with Crippen LogP contribution in [0.1, 0.15) is 25.1 Å². The van der Waals surface area contributed by atoms with Crippen molar-refractivity contribution in [1.29, 1.82) is 0 Å². The summed E-state index contributed by atoms with van der Waals surface area (Å²) in [6, 6.07) is 3.42. The van der Waals surface area contributed by atoms with Crippen LogP contribution in [0.2, 0.25) is 0 Å². The van der Waals surface area contributed by atoms with Crippen molar-refractivity contribution in [3.8, 4) is 0 Å². The van der Waals surface area contributed by atoms with Gasteiger partial charge in [0.2, 0.25) is 5.91 Å². The van der Waals surface area contributed by atoms with E-state index in [4.69, 9.17) is 9.52 Å². The standard InChI is InChI=1S/C15H24N2O5/c1-11(19)16-4-6-17(7-5-16)12(15-3-2-8-22-15)9-13(20)14(21)10-18/h2-3,8,12-14,18,20-21H,4-7,9-10H2,1H3/t12?,13-,14+/m0/s1. The van der Waals surface area contributed by atoms with Gasteiger partial charge < -0.3 is 24.6 Å². The Bertz CT molecular complexity index is 457. The van der Waals surface area contributed by atoms with Crippen molar-refractivity contribution in [2.45, 2.75) is 31.6 Å². The number of rotatable bonds is 6. The zero-order valence-electron chi connectivity index (χ0n) is 12.8. The summed E-state index contributed by atoms with van der Waals surface area (Å²) in [4.78, 5) is 15.3. The molecule has 1 aliphatic heterocycles. The van der Waals surface area contributed by atoms with Crippen molar-refractivity contribution in [2.24, 2.45) is 0 Å². The minimum Gasteiger partial charge on any atom is -0.468 e. The van der Waals surface area contributed by atoms with Crippen LogP contribution in [0.4, 0.5) is 0 Å². The van der Waals surface area contributed by atoms with E-state index >= 15 is 0 Å². The molecule has 0 aromatic carbocycles. The lowest BCUT2D eigenvalue weighted by Gasteiger charge is -2.39. The number of aliphatic hydroxyl groups is 3. The molecule has 7 nitrogen and oxygen atoms in total. The number of hydrogen-bond donors (Lipinski definition) is 3. The summed E-state index contributed by atoms with van der Waals surface area (Å²) in [6.07, 6.45) is -0.375. The first-order valence-electron chi connectivity index (χ1n) is 7.53. The normalized spacial score (nSPS) is 20.6. The van der Waals surface area contributed by atoms with Crippen LogP contribution in [0.15, 0.2) is 22.8 Å². The second-order valence-corrected chi connectivity index (χ2v) is 5.63. The Morgan fingerprint density at radius 2 is 1.95 bits per heavy atom. The Kier molecular flexibility index (Phi) is 5.96. The number of hydrogen-bond acceptors (Lipinski definition) is 6. The van der Waals surface area contributed by atoms with Gasteiger partial charge >= 0.3 is 0 Å². The van der Waals surface area contributed by atoms with Gasteiger partial charge in [0.05, 0.1) is 25.0 Å². The molecule has 0 aliphatic carbocycles. The quantitative estimate of drug-likeness (QED) is 0.661. The average molecular weight is 312 g/mol. The fraction of sp³-hybridized carbons (Fsp3) is 0.667. The van der Waals surface area contributed by atoms with Crippen LogP contribution in [0, 0.1) is 0 Å². The SMILES string of the molecule is CC(=O)N1CCN(C(C[C@H](O)[C@H](O)CO)c2ccco2)CC1. The Balaban J connectivity index is 2.04. The van der Waals surface area contributed by atoms with E-state index in [-0.39, 0.29) is 18.4 Å². The van der Waals surface area contributed by atoms with E-state index in [1.165, 1.54) is 0 Å². The summed E-state index contributed by atoms with van der Waals surface area (Å²) in [6.45, 7) is 3.68. The topological polar surface area (TPSA) is 97.4 Å². The maximum atomic E-state index is 11.4. The van der Waals surface area contributed by atoms with Crippen molar-refractivity contribution in [1.82, 2.24) is 9.80 Å². The van der Waals surface area contributed by atoms with Crippen LogP contribution >= 0.6 is 0 Å². The third-order valence-corrected chi connectivity index (χ3v) is 4.17. The largest absolute Gasteiger partial charge is 0.468 e. The minimum absolute atomic E-state index is 0.0601. The number of amides is 1. The molecule has 0 bridgehead atoms. The fourth-order valence-corrected chi connectivity index (χ4v) is 2.78. The van der Waals surface area contributed by atoms with E-state index in [0.717, 1.165) is 0 Å². The van der Waals surface area contributed by atoms with Crippen molar-refractivity contribution >= 4 is 5.91 Å². The van der Waals surface area contributed by atoms with Crippen molar-refractivity contribution < 1.29 is 24.5 Å². The number of carbonyl (C=O) groups excluding carboxylic acids is 1. The van der Waals surface area contributed by atoms with Gasteiger partial charge in [0, 0.05) is 33.1 Å². The smallest absolute Gasteiger partial charge is 0.219 e. The van der Waals surface area contributed by atoms with Gasteiger partial charge in [-0.3, -0.25) is 9.69 Å². The second-order valence-electron chi connectivity index (χ2n) is 5.63. The molecular weight excluding hydrogens is 288 g/mol. The van der Waals surface area contributed by atoms with Gasteiger partial charge in [0.15, 0.2) is 0 Å². The molecule has 124 valence electrons. The zero-order valence-corrected chi connectivity index (χ0v) is 12.8. The van der Waals surface area contributed by atoms with Gasteiger partial charge in [-0.2, -0.15) is 0 Å². The van der Waals surface area contributed by atoms with E-state index in [0.29, 0.717) is 31.9 Å². The molecule has 1 aromatic heterocycles. The lowest BCUT2D eigenvalue weighted by molar-refractivity contribution is -0.131. The molecular formula is C15H24N2O5. The first-order valence-corrected chi connectivity index (χ1v) is 7.53. The summed E-state index contributed by atoms with van der Waals surface area (Å²) in [5.41, 5.74) is 0. The monoisotopic (exact) mass is 312 g/mol. The number of nitrogens with zero attached hydrogens (tertiary/aromatic N) is 2. The fourth-order valence-electron chi connectivity index (χ4n) is 2.78. The summed E-state index contributed by atoms with van der Waals surface area (Å²) >= 11 is 0. The number of furan rings is 1. The highest BCUT2D eigenvalue weighted by atomic mass is 16.4. The first-order chi connectivity index (χ1) is 10.5. The summed E-state index contributed by atoms with van der Waals surface area (Å²) in [7, 11) is 0. The lowest BCUT2D eigenvalue weighted by atomic mass is 10.0. The van der Waals surface area contributed by atoms with Crippen molar-refractivity contribution in [3.63, 3.8) is 0 Å². The summed E-state index contributed by atoms with van der Waals surface area (Å²) in [5, 5.41) is 28.6. The molecule has 2 rings (SSSR count). The second kappa shape index (κ2) is 7.73. The van der Waals surface area contributed by atoms with Crippen LogP contribution in [0.3, 0.4) is 0 Å². The molecule has 2 heterocycles. The number of aliphatic hydroxyl groups excluding tert-OH is 3. The molecule has 1 unspecified atom stereocenters. The van der Waals surface area contributed by atoms with Gasteiger partial charge in [-0.25, -0.2) is 0 Å². The van der Waals surface area contributed by atoms with Crippen LogP contribution in [0.25, 0.3) is 0 Å². The molecule has 3 atom stereocenters. The Hall–Kier alpha value is -1.41. The number of carbonyl (C=O) groups is 1. The third kappa shape index (κ3) is 4.07. The molecule has 22 heavy (non-hydrogen) atoms. The minimum atomic E-state index is -1.17. The van der Waals surface area contributed by atoms with E-state index in [1.54, 1.807) is 24.2 Å². The first kappa shape index (κ1) is 17.0. The molecule has 3 N–H and O–H groups in total. The van der Waals surface area contributed by atoms with Gasteiger partial charge in [0.25, 0.3) is 0 Å². The number of piperazine rings is 1. The average Bonchev–Trinajstić information content (AvgIpc) is 3.05. The molecule has 1 aliphatic rings. The molecule has 1 fully saturated rings. The van der Waals surface area contributed by atoms with Crippen molar-refractivity contribution in [2.75, 3.05) is 32.8 Å². The molecule has 1 amide bonds. The van der Waals surface area contributed by atoms with Gasteiger partial charge in [-0.1, -0.05) is 0 Å². The van der Waals surface area contributed by atoms with E-state index < -0.39 is 18.8 Å². The Morgan fingerprint density at radius 3 is 2.45 bits per heavy atom. The third-order valence-electron chi connectivity index (χ3n) is 4.17. The Labute approximate surface area is 129 Å². The lowest BCUT2D eigenvalue weighted by Crippen LogP contribution is -2.49. The van der Waals surface area contributed by atoms with E-state index in [1.807, 2.05) is 6.07 Å². The molecule has 0 spiro atoms. The molecule has 7 heteroatoms. The van der Waals surface area contributed by atoms with Gasteiger partial charge in [-0.05, 0) is 18.6 Å². The van der Waals surface area contributed by atoms with E-state index in [2.05, 4.69) is 4.90 Å². The van der Waals surface area contributed by atoms with Crippen LogP contribution in [-0.4, -0.2) is 76.0 Å². The zero-order chi connectivity index (χ0) is 16.1. The van der Waals surface area contributed by atoms with Crippen LogP contribution < -0.4 is 0 Å². The highest BCUT2D eigenvalue weighted by Crippen LogP contribution is 2.28. The Morgan fingerprint density at radius 1 is 1.27 bits per heavy atom. The van der Waals surface area contributed by atoms with E-state index in [9.17, 15) is 15.0 Å².